The largest absolute Gasteiger partial charge is 0.465 e. The van der Waals surface area contributed by atoms with Gasteiger partial charge in [0.25, 0.3) is 11.8 Å². The maximum atomic E-state index is 12.6. The molecule has 5 nitrogen and oxygen atoms in total. The summed E-state index contributed by atoms with van der Waals surface area (Å²) in [4.78, 5) is 25.9. The quantitative estimate of drug-likeness (QED) is 0.497. The highest BCUT2D eigenvalue weighted by Crippen LogP contribution is 2.23. The van der Waals surface area contributed by atoms with Crippen molar-refractivity contribution >= 4 is 56.8 Å². The van der Waals surface area contributed by atoms with Crippen molar-refractivity contribution in [1.82, 2.24) is 5.32 Å². The van der Waals surface area contributed by atoms with Crippen molar-refractivity contribution in [3.05, 3.63) is 58.5 Å². The van der Waals surface area contributed by atoms with Crippen LogP contribution in [-0.4, -0.2) is 16.9 Å². The molecule has 1 aromatic heterocycles. The fourth-order valence-corrected chi connectivity index (χ4v) is 2.54. The van der Waals surface area contributed by atoms with E-state index in [0.717, 1.165) is 4.47 Å². The Morgan fingerprint density at radius 1 is 1.18 bits per heavy atom. The lowest BCUT2D eigenvalue weighted by atomic mass is 10.1. The molecule has 1 saturated heterocycles. The first-order chi connectivity index (χ1) is 10.6. The standard InChI is InChI=1S/C15H9BrN2O3S/c16-9-3-5-10(6-4-9)18-14(20)12(13(19)17-15(18)22)8-11-2-1-7-21-11/h1-8H,(H,17,19,22)/b12-8-. The summed E-state index contributed by atoms with van der Waals surface area (Å²) in [7, 11) is 0. The summed E-state index contributed by atoms with van der Waals surface area (Å²) in [6, 6.07) is 10.4. The van der Waals surface area contributed by atoms with Crippen LogP contribution in [0, 0.1) is 0 Å². The minimum atomic E-state index is -0.542. The fraction of sp³-hybridized carbons (Fsp3) is 0. The molecule has 1 aliphatic heterocycles. The first-order valence-corrected chi connectivity index (χ1v) is 7.47. The smallest absolute Gasteiger partial charge is 0.270 e. The Morgan fingerprint density at radius 2 is 1.91 bits per heavy atom. The summed E-state index contributed by atoms with van der Waals surface area (Å²) in [5.41, 5.74) is 0.537. The van der Waals surface area contributed by atoms with Gasteiger partial charge in [-0.2, -0.15) is 0 Å². The number of hydrogen-bond donors (Lipinski definition) is 1. The van der Waals surface area contributed by atoms with Crippen LogP contribution in [0.15, 0.2) is 57.1 Å². The van der Waals surface area contributed by atoms with Gasteiger partial charge in [-0.15, -0.1) is 0 Å². The Kier molecular flexibility index (Phi) is 3.91. The second kappa shape index (κ2) is 5.86. The minimum Gasteiger partial charge on any atom is -0.465 e. The van der Waals surface area contributed by atoms with Gasteiger partial charge < -0.3 is 4.42 Å². The van der Waals surface area contributed by atoms with Gasteiger partial charge in [0.2, 0.25) is 0 Å². The molecule has 110 valence electrons. The summed E-state index contributed by atoms with van der Waals surface area (Å²) in [5, 5.41) is 2.56. The molecule has 0 atom stereocenters. The van der Waals surface area contributed by atoms with E-state index in [4.69, 9.17) is 16.6 Å². The lowest BCUT2D eigenvalue weighted by Crippen LogP contribution is -2.54. The van der Waals surface area contributed by atoms with Crippen molar-refractivity contribution in [1.29, 1.82) is 0 Å². The van der Waals surface area contributed by atoms with Gasteiger partial charge in [0.1, 0.15) is 11.3 Å². The number of halogens is 1. The SMILES string of the molecule is O=C1NC(=S)N(c2ccc(Br)cc2)C(=O)/C1=C\c1ccco1. The van der Waals surface area contributed by atoms with Gasteiger partial charge in [-0.3, -0.25) is 19.8 Å². The van der Waals surface area contributed by atoms with E-state index in [9.17, 15) is 9.59 Å². The molecule has 0 aliphatic carbocycles. The fourth-order valence-electron chi connectivity index (χ4n) is 2.00. The lowest BCUT2D eigenvalue weighted by molar-refractivity contribution is -0.122. The normalized spacial score (nSPS) is 17.0. The molecule has 7 heteroatoms. The summed E-state index contributed by atoms with van der Waals surface area (Å²) < 4.78 is 6.03. The van der Waals surface area contributed by atoms with Crippen LogP contribution >= 0.6 is 28.1 Å². The highest BCUT2D eigenvalue weighted by Gasteiger charge is 2.34. The van der Waals surface area contributed by atoms with Crippen molar-refractivity contribution in [3.63, 3.8) is 0 Å². The van der Waals surface area contributed by atoms with Crippen molar-refractivity contribution in [2.75, 3.05) is 4.90 Å². The average Bonchev–Trinajstić information content (AvgIpc) is 2.98. The third-order valence-electron chi connectivity index (χ3n) is 3.02. The second-order valence-electron chi connectivity index (χ2n) is 4.45. The number of hydrogen-bond acceptors (Lipinski definition) is 4. The third-order valence-corrected chi connectivity index (χ3v) is 3.83. The molecule has 1 aliphatic rings. The molecule has 1 fully saturated rings. The van der Waals surface area contributed by atoms with Crippen LogP contribution in [0.1, 0.15) is 5.76 Å². The first kappa shape index (κ1) is 14.7. The third kappa shape index (κ3) is 2.72. The molecule has 1 aromatic carbocycles. The van der Waals surface area contributed by atoms with E-state index in [1.54, 1.807) is 36.4 Å². The predicted molar refractivity (Wildman–Crippen MR) is 89.1 cm³/mol. The first-order valence-electron chi connectivity index (χ1n) is 6.27. The molecule has 2 heterocycles. The minimum absolute atomic E-state index is 0.0357. The number of carbonyl (C=O) groups excluding carboxylic acids is 2. The zero-order valence-electron chi connectivity index (χ0n) is 11.1. The van der Waals surface area contributed by atoms with Gasteiger partial charge >= 0.3 is 0 Å². The van der Waals surface area contributed by atoms with Gasteiger partial charge in [0.05, 0.1) is 12.0 Å². The van der Waals surface area contributed by atoms with Crippen LogP contribution in [0.3, 0.4) is 0 Å². The van der Waals surface area contributed by atoms with E-state index in [0.29, 0.717) is 11.4 Å². The molecule has 0 radical (unpaired) electrons. The molecular weight excluding hydrogens is 368 g/mol. The number of amides is 2. The Balaban J connectivity index is 2.01. The Hall–Kier alpha value is -2.25. The van der Waals surface area contributed by atoms with Gasteiger partial charge in [-0.1, -0.05) is 15.9 Å². The molecule has 0 spiro atoms. The number of nitrogens with zero attached hydrogens (tertiary/aromatic N) is 1. The summed E-state index contributed by atoms with van der Waals surface area (Å²) in [6.45, 7) is 0. The Bertz CT molecular complexity index is 782. The van der Waals surface area contributed by atoms with E-state index < -0.39 is 11.8 Å². The predicted octanol–water partition coefficient (Wildman–Crippen LogP) is 2.87. The lowest BCUT2D eigenvalue weighted by Gasteiger charge is -2.28. The summed E-state index contributed by atoms with van der Waals surface area (Å²) >= 11 is 8.44. The van der Waals surface area contributed by atoms with E-state index in [-0.39, 0.29) is 10.7 Å². The zero-order valence-corrected chi connectivity index (χ0v) is 13.5. The number of thiocarbonyl (C=S) groups is 1. The van der Waals surface area contributed by atoms with Crippen LogP contribution in [0.5, 0.6) is 0 Å². The number of rotatable bonds is 2. The summed E-state index contributed by atoms with van der Waals surface area (Å²) in [5.74, 6) is -0.616. The molecule has 3 rings (SSSR count). The monoisotopic (exact) mass is 376 g/mol. The number of carbonyl (C=O) groups is 2. The molecule has 0 saturated carbocycles. The van der Waals surface area contributed by atoms with E-state index >= 15 is 0 Å². The van der Waals surface area contributed by atoms with E-state index in [1.807, 2.05) is 0 Å². The molecule has 2 amide bonds. The molecule has 2 aromatic rings. The molecule has 1 N–H and O–H groups in total. The number of benzene rings is 1. The number of nitrogens with one attached hydrogen (secondary N) is 1. The van der Waals surface area contributed by atoms with Gasteiger partial charge in [0.15, 0.2) is 5.11 Å². The zero-order chi connectivity index (χ0) is 15.7. The topological polar surface area (TPSA) is 62.6 Å². The van der Waals surface area contributed by atoms with Crippen LogP contribution in [0.2, 0.25) is 0 Å². The van der Waals surface area contributed by atoms with E-state index in [1.165, 1.54) is 17.2 Å². The number of furan rings is 1. The maximum absolute atomic E-state index is 12.6. The second-order valence-corrected chi connectivity index (χ2v) is 5.75. The Morgan fingerprint density at radius 3 is 2.55 bits per heavy atom. The van der Waals surface area contributed by atoms with E-state index in [2.05, 4.69) is 21.2 Å². The van der Waals surface area contributed by atoms with Crippen LogP contribution < -0.4 is 10.2 Å². The van der Waals surface area contributed by atoms with Crippen molar-refractivity contribution in [3.8, 4) is 0 Å². The van der Waals surface area contributed by atoms with Gasteiger partial charge in [-0.25, -0.2) is 0 Å². The Labute approximate surface area is 139 Å². The number of anilines is 1. The van der Waals surface area contributed by atoms with Crippen LogP contribution in [0.4, 0.5) is 5.69 Å². The highest BCUT2D eigenvalue weighted by molar-refractivity contribution is 9.10. The van der Waals surface area contributed by atoms with Crippen LogP contribution in [-0.2, 0) is 9.59 Å². The molecule has 0 unspecified atom stereocenters. The molecular formula is C15H9BrN2O3S. The highest BCUT2D eigenvalue weighted by atomic mass is 79.9. The maximum Gasteiger partial charge on any atom is 0.270 e. The molecule has 22 heavy (non-hydrogen) atoms. The van der Waals surface area contributed by atoms with Crippen molar-refractivity contribution in [2.24, 2.45) is 0 Å². The molecule has 0 bridgehead atoms. The van der Waals surface area contributed by atoms with Gasteiger partial charge in [0, 0.05) is 4.47 Å². The summed E-state index contributed by atoms with van der Waals surface area (Å²) in [6.07, 6.45) is 2.86. The van der Waals surface area contributed by atoms with Crippen LogP contribution in [0.25, 0.3) is 6.08 Å². The van der Waals surface area contributed by atoms with Gasteiger partial charge in [-0.05, 0) is 54.7 Å². The van der Waals surface area contributed by atoms with Crippen molar-refractivity contribution < 1.29 is 14.0 Å². The average molecular weight is 377 g/mol. The van der Waals surface area contributed by atoms with Crippen molar-refractivity contribution in [2.45, 2.75) is 0 Å².